The Kier molecular flexibility index (Phi) is 4.71. The summed E-state index contributed by atoms with van der Waals surface area (Å²) in [6, 6.07) is 5.30. The van der Waals surface area contributed by atoms with Gasteiger partial charge in [-0.3, -0.25) is 4.79 Å². The summed E-state index contributed by atoms with van der Waals surface area (Å²) >= 11 is 2.04. The lowest BCUT2D eigenvalue weighted by molar-refractivity contribution is 0.0890. The minimum Gasteiger partial charge on any atom is -0.507 e. The first-order valence-electron chi connectivity index (χ1n) is 6.78. The van der Waals surface area contributed by atoms with Crippen molar-refractivity contribution in [3.8, 4) is 5.75 Å². The van der Waals surface area contributed by atoms with Gasteiger partial charge in [0.15, 0.2) is 0 Å². The van der Waals surface area contributed by atoms with Crippen LogP contribution in [0.1, 0.15) is 43.5 Å². The highest BCUT2D eigenvalue weighted by atomic mass is 127. The largest absolute Gasteiger partial charge is 0.507 e. The molecule has 1 saturated carbocycles. The van der Waals surface area contributed by atoms with Crippen molar-refractivity contribution in [3.05, 3.63) is 27.3 Å². The van der Waals surface area contributed by atoms with E-state index < -0.39 is 0 Å². The molecule has 19 heavy (non-hydrogen) atoms. The number of hydrogen-bond donors (Lipinski definition) is 2. The molecule has 2 N–H and O–H groups in total. The molecule has 1 aromatic carbocycles. The van der Waals surface area contributed by atoms with E-state index in [0.717, 1.165) is 9.99 Å². The number of phenolic OH excluding ortho intramolecular Hbond substituents is 1. The highest BCUT2D eigenvalue weighted by Crippen LogP contribution is 2.29. The van der Waals surface area contributed by atoms with E-state index in [1.54, 1.807) is 12.1 Å². The van der Waals surface area contributed by atoms with Crippen molar-refractivity contribution in [2.45, 2.75) is 39.2 Å². The average Bonchev–Trinajstić information content (AvgIpc) is 2.38. The van der Waals surface area contributed by atoms with E-state index in [4.69, 9.17) is 0 Å². The predicted molar refractivity (Wildman–Crippen MR) is 84.3 cm³/mol. The normalized spacial score (nSPS) is 27.0. The molecular weight excluding hydrogens is 353 g/mol. The zero-order chi connectivity index (χ0) is 14.0. The van der Waals surface area contributed by atoms with Crippen LogP contribution in [-0.4, -0.2) is 17.1 Å². The fraction of sp³-hybridized carbons (Fsp3) is 0.533. The minimum atomic E-state index is -0.0855. The Morgan fingerprint density at radius 2 is 2.11 bits per heavy atom. The van der Waals surface area contributed by atoms with Crippen molar-refractivity contribution >= 4 is 28.5 Å². The number of carbonyl (C=O) groups is 1. The second-order valence-electron chi connectivity index (χ2n) is 5.51. The van der Waals surface area contributed by atoms with Gasteiger partial charge in [0.25, 0.3) is 5.91 Å². The molecule has 2 rings (SSSR count). The molecule has 1 amide bonds. The molecule has 3 atom stereocenters. The summed E-state index contributed by atoms with van der Waals surface area (Å²) in [5.74, 6) is 1.25. The number of nitrogens with one attached hydrogen (secondary N) is 1. The monoisotopic (exact) mass is 373 g/mol. The first kappa shape index (κ1) is 14.6. The summed E-state index contributed by atoms with van der Waals surface area (Å²) in [6.45, 7) is 4.46. The van der Waals surface area contributed by atoms with E-state index in [2.05, 4.69) is 19.2 Å². The predicted octanol–water partition coefficient (Wildman–Crippen LogP) is 3.55. The smallest absolute Gasteiger partial charge is 0.251 e. The second kappa shape index (κ2) is 6.11. The van der Waals surface area contributed by atoms with E-state index in [1.807, 2.05) is 22.6 Å². The van der Waals surface area contributed by atoms with Gasteiger partial charge in [-0.2, -0.15) is 0 Å². The summed E-state index contributed by atoms with van der Waals surface area (Å²) < 4.78 is 0.758. The van der Waals surface area contributed by atoms with Crippen LogP contribution < -0.4 is 5.32 Å². The van der Waals surface area contributed by atoms with E-state index in [9.17, 15) is 9.90 Å². The molecule has 0 radical (unpaired) electrons. The van der Waals surface area contributed by atoms with E-state index in [0.29, 0.717) is 17.4 Å². The Labute approximate surface area is 127 Å². The van der Waals surface area contributed by atoms with Crippen LogP contribution in [0.5, 0.6) is 5.75 Å². The van der Waals surface area contributed by atoms with E-state index in [-0.39, 0.29) is 17.7 Å². The Hall–Kier alpha value is -0.780. The molecule has 0 spiro atoms. The number of aromatic hydroxyl groups is 1. The topological polar surface area (TPSA) is 49.3 Å². The van der Waals surface area contributed by atoms with Gasteiger partial charge < -0.3 is 10.4 Å². The first-order valence-corrected chi connectivity index (χ1v) is 7.86. The van der Waals surface area contributed by atoms with Gasteiger partial charge in [-0.25, -0.2) is 0 Å². The molecule has 0 aromatic heterocycles. The third-order valence-electron chi connectivity index (χ3n) is 4.23. The van der Waals surface area contributed by atoms with Crippen LogP contribution in [0.3, 0.4) is 0 Å². The van der Waals surface area contributed by atoms with Gasteiger partial charge in [0.2, 0.25) is 0 Å². The zero-order valence-corrected chi connectivity index (χ0v) is 13.5. The maximum Gasteiger partial charge on any atom is 0.251 e. The van der Waals surface area contributed by atoms with Gasteiger partial charge in [-0.05, 0) is 59.0 Å². The van der Waals surface area contributed by atoms with Gasteiger partial charge in [-0.15, -0.1) is 0 Å². The fourth-order valence-corrected chi connectivity index (χ4v) is 3.03. The fourth-order valence-electron chi connectivity index (χ4n) is 2.69. The van der Waals surface area contributed by atoms with Crippen LogP contribution in [0, 0.1) is 15.4 Å². The van der Waals surface area contributed by atoms with Gasteiger partial charge in [0.05, 0.1) is 3.57 Å². The molecular formula is C15H20INO2. The Bertz CT molecular complexity index is 475. The molecule has 0 bridgehead atoms. The molecule has 1 aliphatic carbocycles. The molecule has 1 fully saturated rings. The van der Waals surface area contributed by atoms with Crippen LogP contribution in [0.15, 0.2) is 18.2 Å². The molecule has 1 aliphatic rings. The Morgan fingerprint density at radius 1 is 1.37 bits per heavy atom. The second-order valence-corrected chi connectivity index (χ2v) is 6.68. The lowest BCUT2D eigenvalue weighted by Crippen LogP contribution is -2.43. The van der Waals surface area contributed by atoms with Crippen LogP contribution in [-0.2, 0) is 0 Å². The summed E-state index contributed by atoms with van der Waals surface area (Å²) in [6.07, 6.45) is 3.47. The van der Waals surface area contributed by atoms with Gasteiger partial charge in [-0.1, -0.05) is 26.7 Å². The van der Waals surface area contributed by atoms with Gasteiger partial charge in [0.1, 0.15) is 5.75 Å². The summed E-state index contributed by atoms with van der Waals surface area (Å²) in [4.78, 5) is 12.2. The molecule has 4 heteroatoms. The summed E-state index contributed by atoms with van der Waals surface area (Å²) in [7, 11) is 0. The number of hydrogen-bond acceptors (Lipinski definition) is 2. The van der Waals surface area contributed by atoms with Crippen LogP contribution in [0.25, 0.3) is 0 Å². The van der Waals surface area contributed by atoms with Crippen molar-refractivity contribution in [2.24, 2.45) is 11.8 Å². The van der Waals surface area contributed by atoms with Crippen molar-refractivity contribution < 1.29 is 9.90 Å². The SMILES string of the molecule is CC1CCCC(NC(=O)c2ccc(I)c(O)c2)C1C. The zero-order valence-electron chi connectivity index (χ0n) is 11.3. The number of rotatable bonds is 2. The van der Waals surface area contributed by atoms with Crippen molar-refractivity contribution in [3.63, 3.8) is 0 Å². The Balaban J connectivity index is 2.06. The molecule has 104 valence electrons. The van der Waals surface area contributed by atoms with E-state index in [1.165, 1.54) is 18.9 Å². The quantitative estimate of drug-likeness (QED) is 0.779. The molecule has 3 nitrogen and oxygen atoms in total. The van der Waals surface area contributed by atoms with Crippen LogP contribution >= 0.6 is 22.6 Å². The first-order chi connectivity index (χ1) is 8.99. The number of phenols is 1. The lowest BCUT2D eigenvalue weighted by Gasteiger charge is -2.34. The van der Waals surface area contributed by atoms with Crippen molar-refractivity contribution in [1.29, 1.82) is 0 Å². The summed E-state index contributed by atoms with van der Waals surface area (Å²) in [5.41, 5.74) is 0.531. The Morgan fingerprint density at radius 3 is 2.79 bits per heavy atom. The maximum atomic E-state index is 12.2. The third-order valence-corrected chi connectivity index (χ3v) is 5.14. The van der Waals surface area contributed by atoms with E-state index >= 15 is 0 Å². The number of benzene rings is 1. The van der Waals surface area contributed by atoms with Crippen molar-refractivity contribution in [1.82, 2.24) is 5.32 Å². The average molecular weight is 373 g/mol. The van der Waals surface area contributed by atoms with Crippen LogP contribution in [0.4, 0.5) is 0 Å². The number of amides is 1. The number of halogens is 1. The van der Waals surface area contributed by atoms with Crippen LogP contribution in [0.2, 0.25) is 0 Å². The standard InChI is InChI=1S/C15H20INO2/c1-9-4-3-5-13(10(9)2)17-15(19)11-6-7-12(16)14(18)8-11/h6-10,13,18H,3-5H2,1-2H3,(H,17,19). The maximum absolute atomic E-state index is 12.2. The summed E-state index contributed by atoms with van der Waals surface area (Å²) in [5, 5.41) is 12.8. The molecule has 0 aliphatic heterocycles. The lowest BCUT2D eigenvalue weighted by atomic mass is 9.78. The number of carbonyl (C=O) groups excluding carboxylic acids is 1. The van der Waals surface area contributed by atoms with Gasteiger partial charge >= 0.3 is 0 Å². The van der Waals surface area contributed by atoms with Crippen molar-refractivity contribution in [2.75, 3.05) is 0 Å². The van der Waals surface area contributed by atoms with Gasteiger partial charge in [0, 0.05) is 11.6 Å². The molecule has 1 aromatic rings. The third kappa shape index (κ3) is 3.41. The molecule has 0 heterocycles. The minimum absolute atomic E-state index is 0.0855. The molecule has 3 unspecified atom stereocenters. The molecule has 0 saturated heterocycles. The highest BCUT2D eigenvalue weighted by molar-refractivity contribution is 14.1. The highest BCUT2D eigenvalue weighted by Gasteiger charge is 2.28.